The molecule has 1 N–H and O–H groups in total. The first-order chi connectivity index (χ1) is 34.4. The van der Waals surface area contributed by atoms with Crippen LogP contribution in [0.5, 0.6) is 0 Å². The Morgan fingerprint density at radius 2 is 0.932 bits per heavy atom. The Hall–Kier alpha value is -4.13. The van der Waals surface area contributed by atoms with E-state index in [2.05, 4.69) is 47.5 Å². The summed E-state index contributed by atoms with van der Waals surface area (Å²) in [6.07, 6.45) is 27.8. The van der Waals surface area contributed by atoms with Gasteiger partial charge >= 0.3 is 11.9 Å². The molecule has 0 spiro atoms. The number of nitrogens with zero attached hydrogens (tertiary/aromatic N) is 6. The SMILES string of the molecule is C.CC12CC3CC(C)(C1)CC(N1[C@@H]4CCC[C@H]1CC(n1c(=O)c(C(=O)O)nc5ccccc51)C4)(C3)C2.CCOC(=O)c1nc2ccccc2n(C2C[C@H]3CCC[C@@H](C2)N3C23CC4CC(C)(CC(C)(C4)C2)C3)c1=O.Cl. The fourth-order valence-corrected chi connectivity index (χ4v) is 21.5. The number of para-hydroxylation sites is 4. The molecular weight excluding hydrogens is 948 g/mol. The zero-order chi connectivity index (χ0) is 49.7. The maximum absolute atomic E-state index is 13.8. The number of carboxylic acids is 1. The van der Waals surface area contributed by atoms with E-state index >= 15 is 0 Å². The van der Waals surface area contributed by atoms with Crippen LogP contribution in [0.2, 0.25) is 0 Å². The highest BCUT2D eigenvalue weighted by atomic mass is 35.5. The number of aromatic nitrogens is 4. The molecule has 4 aliphatic heterocycles. The molecule has 13 heteroatoms. The Balaban J connectivity index is 0.000000155. The number of benzene rings is 2. The zero-order valence-corrected chi connectivity index (χ0v) is 44.9. The number of hydrogen-bond acceptors (Lipinski definition) is 9. The van der Waals surface area contributed by atoms with Crippen molar-refractivity contribution in [2.45, 2.75) is 231 Å². The molecule has 12 bridgehead atoms. The molecule has 10 atom stereocenters. The van der Waals surface area contributed by atoms with Gasteiger partial charge in [-0.05, 0) is 193 Å². The molecule has 74 heavy (non-hydrogen) atoms. The topological polar surface area (TPSA) is 140 Å². The number of hydrogen-bond donors (Lipinski definition) is 1. The number of rotatable bonds is 7. The molecule has 6 heterocycles. The Labute approximate surface area is 444 Å². The van der Waals surface area contributed by atoms with Crippen molar-refractivity contribution < 1.29 is 19.4 Å². The van der Waals surface area contributed by atoms with E-state index < -0.39 is 17.5 Å². The number of piperidine rings is 4. The van der Waals surface area contributed by atoms with Crippen LogP contribution in [0.3, 0.4) is 0 Å². The molecule has 16 rings (SSSR count). The smallest absolute Gasteiger partial charge is 0.362 e. The van der Waals surface area contributed by atoms with Gasteiger partial charge in [0.1, 0.15) is 0 Å². The lowest BCUT2D eigenvalue weighted by molar-refractivity contribution is -0.198. The van der Waals surface area contributed by atoms with Gasteiger partial charge in [0.25, 0.3) is 11.1 Å². The van der Waals surface area contributed by atoms with Crippen LogP contribution in [0.4, 0.5) is 0 Å². The fraction of sp³-hybridized carbons (Fsp3) is 0.705. The number of aromatic carboxylic acids is 1. The van der Waals surface area contributed by atoms with Gasteiger partial charge in [0.2, 0.25) is 11.4 Å². The number of esters is 1. The van der Waals surface area contributed by atoms with Crippen molar-refractivity contribution in [3.8, 4) is 0 Å². The lowest BCUT2D eigenvalue weighted by Crippen LogP contribution is -2.71. The van der Waals surface area contributed by atoms with E-state index in [1.165, 1.54) is 116 Å². The summed E-state index contributed by atoms with van der Waals surface area (Å²) in [5, 5.41) is 9.71. The van der Waals surface area contributed by atoms with E-state index in [0.29, 0.717) is 67.9 Å². The summed E-state index contributed by atoms with van der Waals surface area (Å²) < 4.78 is 8.94. The van der Waals surface area contributed by atoms with Gasteiger partial charge in [0.05, 0.1) is 28.7 Å². The van der Waals surface area contributed by atoms with Gasteiger partial charge in [-0.3, -0.25) is 19.4 Å². The van der Waals surface area contributed by atoms with Crippen molar-refractivity contribution in [3.63, 3.8) is 0 Å². The minimum atomic E-state index is -1.23. The van der Waals surface area contributed by atoms with Gasteiger partial charge in [-0.15, -0.1) is 12.4 Å². The molecule has 12 fully saturated rings. The molecule has 2 aromatic carbocycles. The third kappa shape index (κ3) is 8.33. The Morgan fingerprint density at radius 3 is 1.30 bits per heavy atom. The number of carboxylic acid groups (broad SMARTS) is 1. The van der Waals surface area contributed by atoms with E-state index in [1.54, 1.807) is 11.5 Å². The van der Waals surface area contributed by atoms with Crippen LogP contribution in [0, 0.1) is 33.5 Å². The standard InChI is InChI=1S/C31H41N3O3.C29H37N3O3.CH4.ClH/c1-4-37-28(36)26-27(35)33(25-11-6-5-10-24(25)32-26)23-12-21-8-7-9-22(13-23)34(21)31-16-20-14-29(2,18-31)17-30(3,15-20)19-31;1-27-12-18-13-28(2,15-27)17-29(14-18,16-27)32-19-6-5-7-20(32)11-21(10-19)31-23-9-4-3-8-22(23)30-24(25(31)33)26(34)35;;/h5-6,10-11,20-23H,4,7-9,12-19H2,1-3H3;3-4,8-9,18-21H,5-7,10-17H2,1-2H3,(H,34,35);1H4;1H/t20?,21-,22+,23?,29?,30?,31?;18?,19-,20+,21?,27?,28?,29?;;. The first kappa shape index (κ1) is 51.9. The fourth-order valence-electron chi connectivity index (χ4n) is 21.5. The maximum atomic E-state index is 13.8. The quantitative estimate of drug-likeness (QED) is 0.178. The number of carbonyl (C=O) groups excluding carboxylic acids is 1. The normalized spacial score (nSPS) is 40.4. The van der Waals surface area contributed by atoms with E-state index in [1.807, 2.05) is 53.1 Å². The van der Waals surface area contributed by atoms with Gasteiger partial charge in [-0.2, -0.15) is 0 Å². The second kappa shape index (κ2) is 18.2. The van der Waals surface area contributed by atoms with E-state index in [0.717, 1.165) is 48.6 Å². The summed E-state index contributed by atoms with van der Waals surface area (Å²) in [6.45, 7) is 12.3. The lowest BCUT2D eigenvalue weighted by atomic mass is 9.42. The molecule has 0 radical (unpaired) electrons. The van der Waals surface area contributed by atoms with Gasteiger partial charge in [0, 0.05) is 47.3 Å². The molecule has 12 aliphatic rings. The van der Waals surface area contributed by atoms with E-state index in [9.17, 15) is 24.3 Å². The molecule has 12 nitrogen and oxygen atoms in total. The Kier molecular flexibility index (Phi) is 12.8. The Morgan fingerprint density at radius 1 is 0.568 bits per heavy atom. The summed E-state index contributed by atoms with van der Waals surface area (Å²) in [5.41, 5.74) is 4.35. The lowest BCUT2D eigenvalue weighted by Gasteiger charge is -2.71. The van der Waals surface area contributed by atoms with Gasteiger partial charge in [0.15, 0.2) is 0 Å². The second-order valence-electron chi connectivity index (χ2n) is 27.5. The molecule has 8 saturated carbocycles. The van der Waals surface area contributed by atoms with E-state index in [4.69, 9.17) is 4.74 Å². The molecule has 4 saturated heterocycles. The molecular formula is C61H83ClN6O6. The highest BCUT2D eigenvalue weighted by molar-refractivity contribution is 5.90. The molecule has 4 aromatic rings. The predicted molar refractivity (Wildman–Crippen MR) is 292 cm³/mol. The van der Waals surface area contributed by atoms with Gasteiger partial charge < -0.3 is 19.0 Å². The average Bonchev–Trinajstić information content (AvgIpc) is 3.28. The van der Waals surface area contributed by atoms with Crippen LogP contribution in [0.1, 0.15) is 216 Å². The van der Waals surface area contributed by atoms with E-state index in [-0.39, 0.29) is 55.5 Å². The summed E-state index contributed by atoms with van der Waals surface area (Å²) in [5.74, 6) is -0.102. The first-order valence-electron chi connectivity index (χ1n) is 28.4. The van der Waals surface area contributed by atoms with Crippen molar-refractivity contribution in [2.24, 2.45) is 33.5 Å². The minimum Gasteiger partial charge on any atom is -0.476 e. The molecule has 2 aromatic heterocycles. The number of halogens is 1. The van der Waals surface area contributed by atoms with Crippen molar-refractivity contribution >= 4 is 46.4 Å². The average molecular weight is 1030 g/mol. The number of ether oxygens (including phenoxy) is 1. The largest absolute Gasteiger partial charge is 0.476 e. The highest BCUT2D eigenvalue weighted by Crippen LogP contribution is 2.71. The van der Waals surface area contributed by atoms with Crippen molar-refractivity contribution in [1.82, 2.24) is 28.9 Å². The van der Waals surface area contributed by atoms with Crippen molar-refractivity contribution in [3.05, 3.63) is 80.6 Å². The summed E-state index contributed by atoms with van der Waals surface area (Å²) in [6, 6.07) is 17.4. The number of fused-ring (bicyclic) bond motifs is 6. The monoisotopic (exact) mass is 1030 g/mol. The van der Waals surface area contributed by atoms with Crippen LogP contribution < -0.4 is 11.1 Å². The third-order valence-electron chi connectivity index (χ3n) is 21.2. The van der Waals surface area contributed by atoms with Crippen LogP contribution >= 0.6 is 12.4 Å². The highest BCUT2D eigenvalue weighted by Gasteiger charge is 2.66. The molecule has 400 valence electrons. The van der Waals surface area contributed by atoms with Crippen LogP contribution in [0.15, 0.2) is 58.1 Å². The third-order valence-corrected chi connectivity index (χ3v) is 21.2. The van der Waals surface area contributed by atoms with Crippen molar-refractivity contribution in [2.75, 3.05) is 6.61 Å². The summed E-state index contributed by atoms with van der Waals surface area (Å²) in [7, 11) is 0. The molecule has 8 aliphatic carbocycles. The van der Waals surface area contributed by atoms with Gasteiger partial charge in [-0.1, -0.05) is 72.2 Å². The first-order valence-corrected chi connectivity index (χ1v) is 28.4. The minimum absolute atomic E-state index is 0. The Bertz CT molecular complexity index is 2940. The van der Waals surface area contributed by atoms with Crippen LogP contribution in [-0.2, 0) is 4.74 Å². The zero-order valence-electron chi connectivity index (χ0n) is 44.1. The second-order valence-corrected chi connectivity index (χ2v) is 27.5. The number of carbonyl (C=O) groups is 2. The summed E-state index contributed by atoms with van der Waals surface area (Å²) >= 11 is 0. The maximum Gasteiger partial charge on any atom is 0.362 e. The summed E-state index contributed by atoms with van der Waals surface area (Å²) in [4.78, 5) is 66.5. The van der Waals surface area contributed by atoms with Crippen LogP contribution in [-0.4, -0.2) is 87.8 Å². The van der Waals surface area contributed by atoms with Crippen LogP contribution in [0.25, 0.3) is 22.1 Å². The van der Waals surface area contributed by atoms with Gasteiger partial charge in [-0.25, -0.2) is 19.6 Å². The molecule has 0 amide bonds. The predicted octanol–water partition coefficient (Wildman–Crippen LogP) is 12.3. The molecule has 6 unspecified atom stereocenters. The van der Waals surface area contributed by atoms with Crippen molar-refractivity contribution in [1.29, 1.82) is 0 Å².